The van der Waals surface area contributed by atoms with Crippen LogP contribution in [0.4, 0.5) is 5.82 Å². The van der Waals surface area contributed by atoms with Gasteiger partial charge in [0.1, 0.15) is 10.8 Å². The van der Waals surface area contributed by atoms with Crippen LogP contribution in [-0.2, 0) is 0 Å². The van der Waals surface area contributed by atoms with E-state index in [1.54, 1.807) is 6.20 Å². The van der Waals surface area contributed by atoms with Crippen molar-refractivity contribution in [3.63, 3.8) is 0 Å². The van der Waals surface area contributed by atoms with Crippen molar-refractivity contribution in [2.45, 2.75) is 45.6 Å². The van der Waals surface area contributed by atoms with Gasteiger partial charge in [0.25, 0.3) is 0 Å². The quantitative estimate of drug-likeness (QED) is 0.763. The van der Waals surface area contributed by atoms with Crippen LogP contribution in [0.25, 0.3) is 0 Å². The van der Waals surface area contributed by atoms with Crippen molar-refractivity contribution >= 4 is 23.0 Å². The summed E-state index contributed by atoms with van der Waals surface area (Å²) in [5.41, 5.74) is 6.61. The van der Waals surface area contributed by atoms with Gasteiger partial charge >= 0.3 is 0 Å². The number of thiocarbonyl (C=S) groups is 1. The van der Waals surface area contributed by atoms with Crippen LogP contribution in [0.15, 0.2) is 18.3 Å². The Morgan fingerprint density at radius 1 is 1.35 bits per heavy atom. The molecule has 0 radical (unpaired) electrons. The van der Waals surface area contributed by atoms with E-state index in [1.165, 1.54) is 0 Å². The fourth-order valence-electron chi connectivity index (χ4n) is 1.97. The van der Waals surface area contributed by atoms with Crippen LogP contribution in [0.2, 0.25) is 0 Å². The Hall–Kier alpha value is -1.16. The van der Waals surface area contributed by atoms with Crippen molar-refractivity contribution in [2.75, 3.05) is 5.32 Å². The number of nitrogens with one attached hydrogen (secondary N) is 1. The van der Waals surface area contributed by atoms with Gasteiger partial charge in [-0.05, 0) is 31.4 Å². The molecule has 17 heavy (non-hydrogen) atoms. The van der Waals surface area contributed by atoms with Crippen molar-refractivity contribution in [1.82, 2.24) is 4.98 Å². The summed E-state index contributed by atoms with van der Waals surface area (Å²) in [6.45, 7) is 6.55. The third-order valence-electron chi connectivity index (χ3n) is 3.49. The predicted octanol–water partition coefficient (Wildman–Crippen LogP) is 3.10. The minimum atomic E-state index is 0.0773. The number of hydrogen-bond acceptors (Lipinski definition) is 3. The van der Waals surface area contributed by atoms with Crippen LogP contribution in [0.3, 0.4) is 0 Å². The molecule has 1 aromatic rings. The predicted molar refractivity (Wildman–Crippen MR) is 77.4 cm³/mol. The average Bonchev–Trinajstić information content (AvgIpc) is 2.36. The fraction of sp³-hybridized carbons (Fsp3) is 0.538. The standard InChI is InChI=1S/C13H21N3S/c1-4-13(5-2,6-3)16-12-10(11(14)17)8-7-9-15-12/h7-9H,4-6H2,1-3H3,(H2,14,17)(H,15,16). The minimum Gasteiger partial charge on any atom is -0.389 e. The Bertz CT molecular complexity index is 378. The molecule has 1 heterocycles. The summed E-state index contributed by atoms with van der Waals surface area (Å²) in [4.78, 5) is 4.74. The lowest BCUT2D eigenvalue weighted by molar-refractivity contribution is 0.419. The molecule has 3 N–H and O–H groups in total. The first-order valence-electron chi connectivity index (χ1n) is 6.11. The van der Waals surface area contributed by atoms with Gasteiger partial charge in [-0.3, -0.25) is 0 Å². The Morgan fingerprint density at radius 3 is 2.41 bits per heavy atom. The molecule has 4 heteroatoms. The van der Waals surface area contributed by atoms with Crippen molar-refractivity contribution in [3.8, 4) is 0 Å². The molecule has 0 unspecified atom stereocenters. The van der Waals surface area contributed by atoms with E-state index < -0.39 is 0 Å². The summed E-state index contributed by atoms with van der Waals surface area (Å²) in [5, 5.41) is 3.51. The van der Waals surface area contributed by atoms with Crippen molar-refractivity contribution in [2.24, 2.45) is 5.73 Å². The van der Waals surface area contributed by atoms with Gasteiger partial charge in [0.2, 0.25) is 0 Å². The molecule has 0 atom stereocenters. The van der Waals surface area contributed by atoms with E-state index >= 15 is 0 Å². The summed E-state index contributed by atoms with van der Waals surface area (Å²) >= 11 is 5.05. The molecule has 0 aliphatic rings. The number of aromatic nitrogens is 1. The maximum absolute atomic E-state index is 5.71. The summed E-state index contributed by atoms with van der Waals surface area (Å²) < 4.78 is 0. The van der Waals surface area contributed by atoms with E-state index in [0.717, 1.165) is 30.6 Å². The maximum Gasteiger partial charge on any atom is 0.136 e. The molecule has 3 nitrogen and oxygen atoms in total. The second kappa shape index (κ2) is 5.96. The largest absolute Gasteiger partial charge is 0.389 e. The third kappa shape index (κ3) is 3.16. The van der Waals surface area contributed by atoms with Gasteiger partial charge in [-0.2, -0.15) is 0 Å². The highest BCUT2D eigenvalue weighted by atomic mass is 32.1. The van der Waals surface area contributed by atoms with Crippen LogP contribution in [0.1, 0.15) is 45.6 Å². The average molecular weight is 251 g/mol. The van der Waals surface area contributed by atoms with Gasteiger partial charge in [-0.15, -0.1) is 0 Å². The van der Waals surface area contributed by atoms with E-state index in [0.29, 0.717) is 4.99 Å². The van der Waals surface area contributed by atoms with Crippen molar-refractivity contribution in [3.05, 3.63) is 23.9 Å². The molecule has 0 aromatic carbocycles. The first kappa shape index (κ1) is 13.9. The minimum absolute atomic E-state index is 0.0773. The zero-order valence-electron chi connectivity index (χ0n) is 10.8. The zero-order valence-corrected chi connectivity index (χ0v) is 11.6. The number of nitrogens with zero attached hydrogens (tertiary/aromatic N) is 1. The molecule has 0 amide bonds. The van der Waals surface area contributed by atoms with Gasteiger partial charge in [-0.1, -0.05) is 33.0 Å². The van der Waals surface area contributed by atoms with E-state index in [2.05, 4.69) is 31.1 Å². The summed E-state index contributed by atoms with van der Waals surface area (Å²) in [7, 11) is 0. The highest BCUT2D eigenvalue weighted by Crippen LogP contribution is 2.26. The van der Waals surface area contributed by atoms with E-state index in [1.807, 2.05) is 12.1 Å². The number of pyridine rings is 1. The topological polar surface area (TPSA) is 50.9 Å². The number of nitrogens with two attached hydrogens (primary N) is 1. The smallest absolute Gasteiger partial charge is 0.136 e. The molecule has 1 rings (SSSR count). The Morgan fingerprint density at radius 2 is 1.94 bits per heavy atom. The van der Waals surface area contributed by atoms with Gasteiger partial charge in [-0.25, -0.2) is 4.98 Å². The van der Waals surface area contributed by atoms with Crippen molar-refractivity contribution in [1.29, 1.82) is 0 Å². The summed E-state index contributed by atoms with van der Waals surface area (Å²) in [6.07, 6.45) is 4.91. The Kier molecular flexibility index (Phi) is 4.87. The molecule has 0 fully saturated rings. The van der Waals surface area contributed by atoms with E-state index in [4.69, 9.17) is 18.0 Å². The highest BCUT2D eigenvalue weighted by molar-refractivity contribution is 7.80. The molecule has 0 aliphatic heterocycles. The molecule has 0 saturated heterocycles. The highest BCUT2D eigenvalue weighted by Gasteiger charge is 2.25. The number of anilines is 1. The van der Waals surface area contributed by atoms with Crippen LogP contribution >= 0.6 is 12.2 Å². The first-order chi connectivity index (χ1) is 8.08. The molecule has 0 spiro atoms. The molecule has 1 aromatic heterocycles. The second-order valence-electron chi connectivity index (χ2n) is 4.23. The molecule has 94 valence electrons. The number of rotatable bonds is 6. The zero-order chi connectivity index (χ0) is 12.9. The molecule has 0 bridgehead atoms. The van der Waals surface area contributed by atoms with Gasteiger partial charge in [0, 0.05) is 11.7 Å². The molecule has 0 aliphatic carbocycles. The SMILES string of the molecule is CCC(CC)(CC)Nc1ncccc1C(N)=S. The first-order valence-corrected chi connectivity index (χ1v) is 6.52. The van der Waals surface area contributed by atoms with Gasteiger partial charge in [0.05, 0.1) is 5.56 Å². The Balaban J connectivity index is 3.05. The monoisotopic (exact) mass is 251 g/mol. The third-order valence-corrected chi connectivity index (χ3v) is 3.71. The molecular formula is C13H21N3S. The lowest BCUT2D eigenvalue weighted by Gasteiger charge is -2.33. The van der Waals surface area contributed by atoms with Crippen LogP contribution in [0, 0.1) is 0 Å². The summed E-state index contributed by atoms with van der Waals surface area (Å²) in [6, 6.07) is 3.76. The molecule has 0 saturated carbocycles. The lowest BCUT2D eigenvalue weighted by Crippen LogP contribution is -2.37. The van der Waals surface area contributed by atoms with E-state index in [9.17, 15) is 0 Å². The fourth-order valence-corrected chi connectivity index (χ4v) is 2.13. The second-order valence-corrected chi connectivity index (χ2v) is 4.67. The maximum atomic E-state index is 5.71. The van der Waals surface area contributed by atoms with E-state index in [-0.39, 0.29) is 5.54 Å². The van der Waals surface area contributed by atoms with Gasteiger partial charge in [0.15, 0.2) is 0 Å². The summed E-state index contributed by atoms with van der Waals surface area (Å²) in [5.74, 6) is 0.797. The van der Waals surface area contributed by atoms with Gasteiger partial charge < -0.3 is 11.1 Å². The Labute approximate surface area is 109 Å². The van der Waals surface area contributed by atoms with Crippen LogP contribution in [0.5, 0.6) is 0 Å². The van der Waals surface area contributed by atoms with Crippen LogP contribution in [-0.4, -0.2) is 15.5 Å². The van der Waals surface area contributed by atoms with Crippen LogP contribution < -0.4 is 11.1 Å². The number of hydrogen-bond donors (Lipinski definition) is 2. The lowest BCUT2D eigenvalue weighted by atomic mass is 9.89. The normalized spacial score (nSPS) is 11.2. The van der Waals surface area contributed by atoms with Crippen molar-refractivity contribution < 1.29 is 0 Å². The molecular weight excluding hydrogens is 230 g/mol.